The fourth-order valence-electron chi connectivity index (χ4n) is 2.11. The first kappa shape index (κ1) is 13.2. The molecule has 94 valence electrons. The van der Waals surface area contributed by atoms with Crippen LogP contribution in [0, 0.1) is 5.82 Å². The van der Waals surface area contributed by atoms with E-state index in [9.17, 15) is 9.50 Å². The highest BCUT2D eigenvalue weighted by Crippen LogP contribution is 2.29. The molecule has 1 aromatic rings. The third-order valence-corrected chi connectivity index (χ3v) is 4.88. The average molecular weight is 275 g/mol. The Kier molecular flexibility index (Phi) is 4.71. The molecule has 0 radical (unpaired) electrons. The van der Waals surface area contributed by atoms with Gasteiger partial charge in [-0.3, -0.25) is 0 Å². The second-order valence-electron chi connectivity index (χ2n) is 4.42. The van der Waals surface area contributed by atoms with E-state index in [4.69, 9.17) is 11.6 Å². The van der Waals surface area contributed by atoms with Gasteiger partial charge in [0.15, 0.2) is 0 Å². The Labute approximate surface area is 110 Å². The van der Waals surface area contributed by atoms with Gasteiger partial charge in [0.05, 0.1) is 11.1 Å². The quantitative estimate of drug-likeness (QED) is 0.908. The second kappa shape index (κ2) is 6.07. The van der Waals surface area contributed by atoms with Crippen molar-refractivity contribution in [3.05, 3.63) is 34.6 Å². The van der Waals surface area contributed by atoms with Gasteiger partial charge in [-0.25, -0.2) is 4.39 Å². The van der Waals surface area contributed by atoms with E-state index in [0.29, 0.717) is 11.7 Å². The molecule has 0 saturated carbocycles. The van der Waals surface area contributed by atoms with Crippen molar-refractivity contribution in [2.75, 3.05) is 5.75 Å². The van der Waals surface area contributed by atoms with Crippen LogP contribution in [0.1, 0.15) is 24.8 Å². The van der Waals surface area contributed by atoms with Crippen LogP contribution >= 0.6 is 23.4 Å². The van der Waals surface area contributed by atoms with Crippen molar-refractivity contribution < 1.29 is 9.50 Å². The summed E-state index contributed by atoms with van der Waals surface area (Å²) < 4.78 is 13.3. The molecule has 1 fully saturated rings. The Morgan fingerprint density at radius 3 is 2.94 bits per heavy atom. The minimum Gasteiger partial charge on any atom is -0.392 e. The van der Waals surface area contributed by atoms with Gasteiger partial charge < -0.3 is 5.11 Å². The molecule has 1 saturated heterocycles. The van der Waals surface area contributed by atoms with E-state index in [1.165, 1.54) is 18.9 Å². The molecule has 2 rings (SSSR count). The number of benzene rings is 1. The number of hydrogen-bond donors (Lipinski definition) is 1. The molecule has 2 atom stereocenters. The molecule has 1 N–H and O–H groups in total. The van der Waals surface area contributed by atoms with Crippen molar-refractivity contribution >= 4 is 23.4 Å². The van der Waals surface area contributed by atoms with Crippen molar-refractivity contribution in [2.24, 2.45) is 0 Å². The SMILES string of the molecule is OC(Cc1ccc(Cl)c(F)c1)C1CCCCS1. The zero-order valence-corrected chi connectivity index (χ0v) is 11.1. The number of hydrogen-bond acceptors (Lipinski definition) is 2. The lowest BCUT2D eigenvalue weighted by Gasteiger charge is -2.26. The van der Waals surface area contributed by atoms with Crippen LogP contribution in [0.5, 0.6) is 0 Å². The molecule has 1 aromatic carbocycles. The first-order valence-corrected chi connectivity index (χ1v) is 7.33. The zero-order valence-electron chi connectivity index (χ0n) is 9.53. The molecule has 2 unspecified atom stereocenters. The number of aliphatic hydroxyl groups is 1. The molecule has 0 aromatic heterocycles. The highest BCUT2D eigenvalue weighted by Gasteiger charge is 2.22. The summed E-state index contributed by atoms with van der Waals surface area (Å²) in [7, 11) is 0. The summed E-state index contributed by atoms with van der Waals surface area (Å²) in [5.74, 6) is 0.712. The highest BCUT2D eigenvalue weighted by molar-refractivity contribution is 8.00. The van der Waals surface area contributed by atoms with Gasteiger partial charge in [0.2, 0.25) is 0 Å². The maximum absolute atomic E-state index is 13.3. The molecule has 1 nitrogen and oxygen atoms in total. The zero-order chi connectivity index (χ0) is 12.3. The van der Waals surface area contributed by atoms with Crippen molar-refractivity contribution in [1.82, 2.24) is 0 Å². The summed E-state index contributed by atoms with van der Waals surface area (Å²) in [6, 6.07) is 4.74. The number of halogens is 2. The third-order valence-electron chi connectivity index (χ3n) is 3.07. The molecule has 1 aliphatic rings. The second-order valence-corrected chi connectivity index (χ2v) is 6.18. The Bertz CT molecular complexity index is 380. The van der Waals surface area contributed by atoms with Crippen LogP contribution < -0.4 is 0 Å². The van der Waals surface area contributed by atoms with Gasteiger partial charge in [0.25, 0.3) is 0 Å². The summed E-state index contributed by atoms with van der Waals surface area (Å²) in [5, 5.41) is 10.5. The molecule has 1 aliphatic heterocycles. The van der Waals surface area contributed by atoms with Crippen LogP contribution in [0.4, 0.5) is 4.39 Å². The van der Waals surface area contributed by atoms with Gasteiger partial charge in [-0.1, -0.05) is 24.1 Å². The third kappa shape index (κ3) is 3.60. The first-order valence-electron chi connectivity index (χ1n) is 5.90. The lowest BCUT2D eigenvalue weighted by molar-refractivity contribution is 0.166. The molecule has 0 bridgehead atoms. The molecular weight excluding hydrogens is 259 g/mol. The Balaban J connectivity index is 1.96. The van der Waals surface area contributed by atoms with Crippen molar-refractivity contribution in [3.8, 4) is 0 Å². The van der Waals surface area contributed by atoms with E-state index in [-0.39, 0.29) is 11.1 Å². The van der Waals surface area contributed by atoms with Crippen LogP contribution in [0.2, 0.25) is 5.02 Å². The van der Waals surface area contributed by atoms with Gasteiger partial charge >= 0.3 is 0 Å². The van der Waals surface area contributed by atoms with Crippen LogP contribution in [0.15, 0.2) is 18.2 Å². The van der Waals surface area contributed by atoms with E-state index in [0.717, 1.165) is 17.7 Å². The van der Waals surface area contributed by atoms with Crippen LogP contribution in [0.25, 0.3) is 0 Å². The monoisotopic (exact) mass is 274 g/mol. The summed E-state index contributed by atoms with van der Waals surface area (Å²) in [5.41, 5.74) is 0.811. The topological polar surface area (TPSA) is 20.2 Å². The molecule has 1 heterocycles. The van der Waals surface area contributed by atoms with Crippen molar-refractivity contribution in [2.45, 2.75) is 37.0 Å². The number of thioether (sulfide) groups is 1. The fourth-order valence-corrected chi connectivity index (χ4v) is 3.55. The average Bonchev–Trinajstić information content (AvgIpc) is 2.35. The first-order chi connectivity index (χ1) is 8.16. The Morgan fingerprint density at radius 1 is 1.47 bits per heavy atom. The molecular formula is C13H16ClFOS. The van der Waals surface area contributed by atoms with Crippen molar-refractivity contribution in [3.63, 3.8) is 0 Å². The van der Waals surface area contributed by atoms with Gasteiger partial charge in [-0.05, 0) is 42.7 Å². The smallest absolute Gasteiger partial charge is 0.142 e. The molecule has 0 aliphatic carbocycles. The molecule has 0 amide bonds. The summed E-state index contributed by atoms with van der Waals surface area (Å²) >= 11 is 7.45. The van der Waals surface area contributed by atoms with Crippen LogP contribution in [0.3, 0.4) is 0 Å². The van der Waals surface area contributed by atoms with Crippen LogP contribution in [-0.2, 0) is 6.42 Å². The molecule has 0 spiro atoms. The van der Waals surface area contributed by atoms with Gasteiger partial charge in [-0.2, -0.15) is 11.8 Å². The molecule has 4 heteroatoms. The Hall–Kier alpha value is -0.250. The maximum atomic E-state index is 13.3. The maximum Gasteiger partial charge on any atom is 0.142 e. The lowest BCUT2D eigenvalue weighted by Crippen LogP contribution is -2.27. The van der Waals surface area contributed by atoms with E-state index >= 15 is 0 Å². The summed E-state index contributed by atoms with van der Waals surface area (Å²) in [6.45, 7) is 0. The van der Waals surface area contributed by atoms with Crippen molar-refractivity contribution in [1.29, 1.82) is 0 Å². The summed E-state index contributed by atoms with van der Waals surface area (Å²) in [6.07, 6.45) is 3.60. The minimum atomic E-state index is -0.410. The largest absolute Gasteiger partial charge is 0.392 e. The van der Waals surface area contributed by atoms with E-state index in [1.807, 2.05) is 11.8 Å². The van der Waals surface area contributed by atoms with E-state index in [2.05, 4.69) is 0 Å². The van der Waals surface area contributed by atoms with Crippen LogP contribution in [-0.4, -0.2) is 22.2 Å². The van der Waals surface area contributed by atoms with E-state index in [1.54, 1.807) is 12.1 Å². The number of rotatable bonds is 3. The predicted octanol–water partition coefficient (Wildman–Crippen LogP) is 3.67. The summed E-state index contributed by atoms with van der Waals surface area (Å²) in [4.78, 5) is 0. The predicted molar refractivity (Wildman–Crippen MR) is 71.2 cm³/mol. The standard InChI is InChI=1S/C13H16ClFOS/c14-10-5-4-9(7-11(10)15)8-12(16)13-3-1-2-6-17-13/h4-5,7,12-13,16H,1-3,6,8H2. The normalized spacial score (nSPS) is 22.4. The molecule has 17 heavy (non-hydrogen) atoms. The number of aliphatic hydroxyl groups excluding tert-OH is 1. The minimum absolute atomic E-state index is 0.135. The van der Waals surface area contributed by atoms with Gasteiger partial charge in [0, 0.05) is 5.25 Å². The highest BCUT2D eigenvalue weighted by atomic mass is 35.5. The lowest BCUT2D eigenvalue weighted by atomic mass is 10.0. The van der Waals surface area contributed by atoms with Gasteiger partial charge in [-0.15, -0.1) is 0 Å². The Morgan fingerprint density at radius 2 is 2.29 bits per heavy atom. The fraction of sp³-hybridized carbons (Fsp3) is 0.538. The van der Waals surface area contributed by atoms with E-state index < -0.39 is 5.82 Å². The van der Waals surface area contributed by atoms with Gasteiger partial charge in [0.1, 0.15) is 5.82 Å².